The van der Waals surface area contributed by atoms with Crippen molar-refractivity contribution in [3.8, 4) is 6.07 Å². The topological polar surface area (TPSA) is 99.0 Å². The summed E-state index contributed by atoms with van der Waals surface area (Å²) in [5, 5.41) is 16.6. The molecule has 0 aliphatic carbocycles. The molecule has 1 aromatic carbocycles. The third kappa shape index (κ3) is 4.00. The molecule has 1 aliphatic heterocycles. The van der Waals surface area contributed by atoms with Gasteiger partial charge in [0.05, 0.1) is 4.90 Å². The average molecular weight is 371 g/mol. The molecule has 0 amide bonds. The monoisotopic (exact) mass is 371 g/mol. The van der Waals surface area contributed by atoms with Crippen LogP contribution in [0.5, 0.6) is 0 Å². The van der Waals surface area contributed by atoms with Crippen LogP contribution in [0.25, 0.3) is 0 Å². The van der Waals surface area contributed by atoms with E-state index in [1.807, 2.05) is 23.1 Å². The summed E-state index contributed by atoms with van der Waals surface area (Å²) in [7, 11) is -3.56. The molecule has 1 saturated heterocycles. The second kappa shape index (κ2) is 7.40. The summed E-state index contributed by atoms with van der Waals surface area (Å²) >= 11 is 0. The first-order chi connectivity index (χ1) is 12.4. The molecule has 7 nitrogen and oxygen atoms in total. The second-order valence-electron chi connectivity index (χ2n) is 6.67. The van der Waals surface area contributed by atoms with E-state index in [1.165, 1.54) is 0 Å². The zero-order valence-corrected chi connectivity index (χ0v) is 15.6. The number of benzene rings is 1. The fourth-order valence-electron chi connectivity index (χ4n) is 2.94. The van der Waals surface area contributed by atoms with Crippen molar-refractivity contribution in [2.45, 2.75) is 37.1 Å². The minimum absolute atomic E-state index is 0.192. The number of anilines is 1. The number of nitrogens with zero attached hydrogens (tertiary/aromatic N) is 4. The summed E-state index contributed by atoms with van der Waals surface area (Å²) in [6.07, 6.45) is 0.686. The van der Waals surface area contributed by atoms with Gasteiger partial charge in [0, 0.05) is 19.1 Å². The molecule has 3 rings (SSSR count). The molecule has 2 heterocycles. The Morgan fingerprint density at radius 2 is 1.92 bits per heavy atom. The molecule has 0 radical (unpaired) electrons. The van der Waals surface area contributed by atoms with E-state index in [4.69, 9.17) is 5.26 Å². The lowest BCUT2D eigenvalue weighted by molar-refractivity contribution is 0.561. The summed E-state index contributed by atoms with van der Waals surface area (Å²) in [6, 6.07) is 12.1. The van der Waals surface area contributed by atoms with Crippen LogP contribution in [0.2, 0.25) is 0 Å². The molecule has 26 heavy (non-hydrogen) atoms. The summed E-state index contributed by atoms with van der Waals surface area (Å²) in [5.41, 5.74) is 1.37. The molecular formula is C18H21N5O2S. The number of hydrogen-bond acceptors (Lipinski definition) is 6. The van der Waals surface area contributed by atoms with E-state index in [2.05, 4.69) is 28.8 Å². The molecule has 1 aliphatic rings. The van der Waals surface area contributed by atoms with E-state index in [9.17, 15) is 8.42 Å². The number of hydrogen-bond donors (Lipinski definition) is 1. The molecule has 1 atom stereocenters. The number of aromatic nitrogens is 2. The summed E-state index contributed by atoms with van der Waals surface area (Å²) in [6.45, 7) is 5.34. The Morgan fingerprint density at radius 3 is 2.50 bits per heavy atom. The van der Waals surface area contributed by atoms with Gasteiger partial charge in [-0.25, -0.2) is 13.1 Å². The SMILES string of the molecule is CC(C)c1ccc(S(=O)(=O)NC2CCN(c3ccc(C#N)nn3)C2)cc1. The highest BCUT2D eigenvalue weighted by molar-refractivity contribution is 7.89. The lowest BCUT2D eigenvalue weighted by Gasteiger charge is -2.17. The van der Waals surface area contributed by atoms with E-state index in [0.29, 0.717) is 31.2 Å². The lowest BCUT2D eigenvalue weighted by atomic mass is 10.0. The molecule has 1 N–H and O–H groups in total. The van der Waals surface area contributed by atoms with Crippen molar-refractivity contribution in [3.63, 3.8) is 0 Å². The van der Waals surface area contributed by atoms with Gasteiger partial charge in [0.1, 0.15) is 6.07 Å². The maximum absolute atomic E-state index is 12.6. The first-order valence-corrected chi connectivity index (χ1v) is 9.98. The largest absolute Gasteiger partial charge is 0.353 e. The molecule has 0 saturated carbocycles. The van der Waals surface area contributed by atoms with Crippen molar-refractivity contribution >= 4 is 15.8 Å². The van der Waals surface area contributed by atoms with Gasteiger partial charge in [-0.05, 0) is 42.2 Å². The van der Waals surface area contributed by atoms with E-state index >= 15 is 0 Å². The van der Waals surface area contributed by atoms with Crippen LogP contribution >= 0.6 is 0 Å². The van der Waals surface area contributed by atoms with Gasteiger partial charge in [-0.15, -0.1) is 10.2 Å². The van der Waals surface area contributed by atoms with Crippen LogP contribution in [0.4, 0.5) is 5.82 Å². The predicted molar refractivity (Wildman–Crippen MR) is 98.2 cm³/mol. The third-order valence-corrected chi connectivity index (χ3v) is 5.99. The maximum Gasteiger partial charge on any atom is 0.240 e. The molecule has 0 spiro atoms. The van der Waals surface area contributed by atoms with Crippen molar-refractivity contribution in [1.82, 2.24) is 14.9 Å². The van der Waals surface area contributed by atoms with Crippen molar-refractivity contribution < 1.29 is 8.42 Å². The van der Waals surface area contributed by atoms with Crippen molar-refractivity contribution in [3.05, 3.63) is 47.7 Å². The smallest absolute Gasteiger partial charge is 0.240 e. The van der Waals surface area contributed by atoms with Crippen LogP contribution in [-0.2, 0) is 10.0 Å². The van der Waals surface area contributed by atoms with Crippen LogP contribution in [0.1, 0.15) is 37.4 Å². The van der Waals surface area contributed by atoms with Crippen LogP contribution in [0.15, 0.2) is 41.3 Å². The normalized spacial score (nSPS) is 17.5. The Kier molecular flexibility index (Phi) is 5.20. The Hall–Kier alpha value is -2.50. The number of nitrogens with one attached hydrogen (secondary N) is 1. The molecule has 8 heteroatoms. The first kappa shape index (κ1) is 18.3. The standard InChI is InChI=1S/C18H21N5O2S/c1-13(2)14-3-6-17(7-4-14)26(24,25)22-16-9-10-23(12-16)18-8-5-15(11-19)20-21-18/h3-8,13,16,22H,9-10,12H2,1-2H3. The minimum atomic E-state index is -3.56. The summed E-state index contributed by atoms with van der Waals surface area (Å²) < 4.78 is 28.0. The molecule has 1 aromatic heterocycles. The zero-order chi connectivity index (χ0) is 18.7. The average Bonchev–Trinajstić information content (AvgIpc) is 3.09. The van der Waals surface area contributed by atoms with Crippen LogP contribution in [0.3, 0.4) is 0 Å². The Balaban J connectivity index is 1.66. The minimum Gasteiger partial charge on any atom is -0.353 e. The Labute approximate surface area is 153 Å². The highest BCUT2D eigenvalue weighted by Gasteiger charge is 2.28. The predicted octanol–water partition coefficient (Wildman–Crippen LogP) is 2.03. The maximum atomic E-state index is 12.6. The molecular weight excluding hydrogens is 350 g/mol. The number of rotatable bonds is 5. The summed E-state index contributed by atoms with van der Waals surface area (Å²) in [5.74, 6) is 1.00. The fraction of sp³-hybridized carbons (Fsp3) is 0.389. The fourth-order valence-corrected chi connectivity index (χ4v) is 4.20. The van der Waals surface area contributed by atoms with Gasteiger partial charge in [-0.1, -0.05) is 26.0 Å². The summed E-state index contributed by atoms with van der Waals surface area (Å²) in [4.78, 5) is 2.24. The van der Waals surface area contributed by atoms with Crippen molar-refractivity contribution in [2.75, 3.05) is 18.0 Å². The third-order valence-electron chi connectivity index (χ3n) is 4.46. The van der Waals surface area contributed by atoms with Crippen LogP contribution in [0, 0.1) is 11.3 Å². The van der Waals surface area contributed by atoms with Gasteiger partial charge in [-0.2, -0.15) is 5.26 Å². The Bertz CT molecular complexity index is 902. The van der Waals surface area contributed by atoms with Crippen molar-refractivity contribution in [2.24, 2.45) is 0 Å². The highest BCUT2D eigenvalue weighted by atomic mass is 32.2. The van der Waals surface area contributed by atoms with Crippen LogP contribution < -0.4 is 9.62 Å². The van der Waals surface area contributed by atoms with Gasteiger partial charge in [0.15, 0.2) is 11.5 Å². The molecule has 0 bridgehead atoms. The quantitative estimate of drug-likeness (QED) is 0.863. The Morgan fingerprint density at radius 1 is 1.19 bits per heavy atom. The van der Waals surface area contributed by atoms with Gasteiger partial charge in [0.2, 0.25) is 10.0 Å². The number of nitriles is 1. The van der Waals surface area contributed by atoms with E-state index in [1.54, 1.807) is 24.3 Å². The first-order valence-electron chi connectivity index (χ1n) is 8.50. The van der Waals surface area contributed by atoms with Gasteiger partial charge in [0.25, 0.3) is 0 Å². The molecule has 2 aromatic rings. The van der Waals surface area contributed by atoms with Crippen molar-refractivity contribution in [1.29, 1.82) is 5.26 Å². The highest BCUT2D eigenvalue weighted by Crippen LogP contribution is 2.21. The van der Waals surface area contributed by atoms with Crippen LogP contribution in [-0.4, -0.2) is 37.7 Å². The zero-order valence-electron chi connectivity index (χ0n) is 14.8. The number of sulfonamides is 1. The second-order valence-corrected chi connectivity index (χ2v) is 8.38. The molecule has 136 valence electrons. The van der Waals surface area contributed by atoms with E-state index in [0.717, 1.165) is 5.56 Å². The van der Waals surface area contributed by atoms with Gasteiger partial charge < -0.3 is 4.90 Å². The van der Waals surface area contributed by atoms with Gasteiger partial charge in [-0.3, -0.25) is 0 Å². The van der Waals surface area contributed by atoms with Gasteiger partial charge >= 0.3 is 0 Å². The lowest BCUT2D eigenvalue weighted by Crippen LogP contribution is -2.37. The molecule has 1 fully saturated rings. The van der Waals surface area contributed by atoms with E-state index in [-0.39, 0.29) is 16.6 Å². The molecule has 1 unspecified atom stereocenters. The van der Waals surface area contributed by atoms with E-state index < -0.39 is 10.0 Å².